The summed E-state index contributed by atoms with van der Waals surface area (Å²) in [5.74, 6) is -0.0449. The van der Waals surface area contributed by atoms with Gasteiger partial charge in [0.05, 0.1) is 17.9 Å². The summed E-state index contributed by atoms with van der Waals surface area (Å²) in [5.41, 5.74) is 4.03. The normalized spacial score (nSPS) is 17.5. The maximum atomic E-state index is 12.4. The molecular weight excluding hydrogens is 326 g/mol. The van der Waals surface area contributed by atoms with E-state index in [2.05, 4.69) is 43.5 Å². The molecule has 4 rings (SSSR count). The van der Waals surface area contributed by atoms with E-state index < -0.39 is 0 Å². The van der Waals surface area contributed by atoms with E-state index >= 15 is 0 Å². The summed E-state index contributed by atoms with van der Waals surface area (Å²) in [7, 11) is 0. The molecule has 138 valence electrons. The highest BCUT2D eigenvalue weighted by molar-refractivity contribution is 5.94. The van der Waals surface area contributed by atoms with E-state index in [0.717, 1.165) is 44.8 Å². The number of carbonyl (C=O) groups is 1. The summed E-state index contributed by atoms with van der Waals surface area (Å²) in [6.07, 6.45) is 4.92. The number of anilines is 1. The van der Waals surface area contributed by atoms with Crippen LogP contribution in [0, 0.1) is 0 Å². The van der Waals surface area contributed by atoms with Gasteiger partial charge in [0.2, 0.25) is 0 Å². The quantitative estimate of drug-likeness (QED) is 0.885. The third-order valence-corrected chi connectivity index (χ3v) is 5.22. The van der Waals surface area contributed by atoms with Gasteiger partial charge >= 0.3 is 0 Å². The highest BCUT2D eigenvalue weighted by Crippen LogP contribution is 2.20. The predicted octanol–water partition coefficient (Wildman–Crippen LogP) is 2.30. The van der Waals surface area contributed by atoms with Gasteiger partial charge in [0.15, 0.2) is 0 Å². The first kappa shape index (κ1) is 17.1. The van der Waals surface area contributed by atoms with E-state index in [1.165, 1.54) is 30.6 Å². The van der Waals surface area contributed by atoms with E-state index in [1.54, 1.807) is 0 Å². The van der Waals surface area contributed by atoms with Crippen LogP contribution >= 0.6 is 0 Å². The number of rotatable bonds is 4. The lowest BCUT2D eigenvalue weighted by atomic mass is 10.1. The van der Waals surface area contributed by atoms with Crippen LogP contribution in [-0.4, -0.2) is 35.3 Å². The molecular formula is C20H27N5O. The molecule has 0 radical (unpaired) electrons. The van der Waals surface area contributed by atoms with Crippen molar-refractivity contribution in [3.63, 3.8) is 0 Å². The number of nitrogens with one attached hydrogen (secondary N) is 2. The molecule has 1 aromatic carbocycles. The molecule has 3 heterocycles. The fourth-order valence-corrected chi connectivity index (χ4v) is 3.76. The molecule has 1 fully saturated rings. The van der Waals surface area contributed by atoms with Crippen molar-refractivity contribution in [2.24, 2.45) is 0 Å². The van der Waals surface area contributed by atoms with Crippen molar-refractivity contribution < 1.29 is 4.79 Å². The van der Waals surface area contributed by atoms with Gasteiger partial charge in [-0.1, -0.05) is 0 Å². The minimum absolute atomic E-state index is 0.0449. The second kappa shape index (κ2) is 7.91. The number of amides is 1. The molecule has 0 unspecified atom stereocenters. The lowest BCUT2D eigenvalue weighted by molar-refractivity contribution is 0.0950. The van der Waals surface area contributed by atoms with E-state index in [-0.39, 0.29) is 5.91 Å². The first-order chi connectivity index (χ1) is 12.8. The third kappa shape index (κ3) is 3.90. The molecule has 0 aliphatic carbocycles. The van der Waals surface area contributed by atoms with Crippen molar-refractivity contribution in [2.45, 2.75) is 45.3 Å². The van der Waals surface area contributed by atoms with E-state index in [4.69, 9.17) is 0 Å². The van der Waals surface area contributed by atoms with E-state index in [9.17, 15) is 4.79 Å². The number of benzene rings is 1. The van der Waals surface area contributed by atoms with Crippen LogP contribution in [0.3, 0.4) is 0 Å². The van der Waals surface area contributed by atoms with Crippen molar-refractivity contribution in [1.82, 2.24) is 20.4 Å². The van der Waals surface area contributed by atoms with Gasteiger partial charge in [-0.25, -0.2) is 0 Å². The summed E-state index contributed by atoms with van der Waals surface area (Å²) in [5, 5.41) is 11.0. The Morgan fingerprint density at radius 2 is 1.88 bits per heavy atom. The number of aryl methyl sites for hydroxylation is 1. The number of carbonyl (C=O) groups excluding carboxylic acids is 1. The van der Waals surface area contributed by atoms with Crippen molar-refractivity contribution in [3.05, 3.63) is 47.3 Å². The van der Waals surface area contributed by atoms with Gasteiger partial charge in [0.25, 0.3) is 5.91 Å². The minimum atomic E-state index is -0.0449. The molecule has 0 saturated carbocycles. The summed E-state index contributed by atoms with van der Waals surface area (Å²) >= 11 is 0. The molecule has 1 amide bonds. The monoisotopic (exact) mass is 353 g/mol. The second-order valence-electron chi connectivity index (χ2n) is 7.16. The average Bonchev–Trinajstić information content (AvgIpc) is 2.96. The maximum absolute atomic E-state index is 12.4. The van der Waals surface area contributed by atoms with Crippen LogP contribution in [-0.2, 0) is 19.6 Å². The van der Waals surface area contributed by atoms with Gasteiger partial charge in [0.1, 0.15) is 0 Å². The van der Waals surface area contributed by atoms with Crippen LogP contribution in [0.1, 0.15) is 47.4 Å². The van der Waals surface area contributed by atoms with Crippen LogP contribution in [0.25, 0.3) is 0 Å². The molecule has 2 aliphatic rings. The zero-order chi connectivity index (χ0) is 17.8. The summed E-state index contributed by atoms with van der Waals surface area (Å²) in [6.45, 7) is 5.51. The number of nitrogens with zero attached hydrogens (tertiary/aromatic N) is 3. The largest absolute Gasteiger partial charge is 0.372 e. The number of aromatic nitrogens is 2. The lowest BCUT2D eigenvalue weighted by Crippen LogP contribution is -2.29. The first-order valence-corrected chi connectivity index (χ1v) is 9.69. The van der Waals surface area contributed by atoms with E-state index in [0.29, 0.717) is 12.1 Å². The molecule has 1 saturated heterocycles. The smallest absolute Gasteiger partial charge is 0.251 e. The Kier molecular flexibility index (Phi) is 5.20. The van der Waals surface area contributed by atoms with Gasteiger partial charge in [-0.2, -0.15) is 5.10 Å². The Bertz CT molecular complexity index is 723. The SMILES string of the molecule is O=C(NCc1cc2n(n1)CCCNC2)c1ccc(N2CCCCC2)cc1. The molecule has 26 heavy (non-hydrogen) atoms. The molecule has 0 spiro atoms. The first-order valence-electron chi connectivity index (χ1n) is 9.69. The molecule has 0 bridgehead atoms. The Morgan fingerprint density at radius 1 is 1.08 bits per heavy atom. The highest BCUT2D eigenvalue weighted by Gasteiger charge is 2.14. The lowest BCUT2D eigenvalue weighted by Gasteiger charge is -2.28. The molecule has 1 aromatic heterocycles. The molecule has 0 atom stereocenters. The van der Waals surface area contributed by atoms with E-state index in [1.807, 2.05) is 12.1 Å². The third-order valence-electron chi connectivity index (χ3n) is 5.22. The van der Waals surface area contributed by atoms with Crippen LogP contribution in [0.15, 0.2) is 30.3 Å². The Labute approximate surface area is 154 Å². The molecule has 2 aromatic rings. The van der Waals surface area contributed by atoms with Gasteiger partial charge in [-0.15, -0.1) is 0 Å². The summed E-state index contributed by atoms with van der Waals surface area (Å²) in [6, 6.07) is 10.0. The average molecular weight is 353 g/mol. The zero-order valence-corrected chi connectivity index (χ0v) is 15.2. The number of fused-ring (bicyclic) bond motifs is 1. The number of piperidine rings is 1. The Balaban J connectivity index is 1.34. The van der Waals surface area contributed by atoms with Crippen molar-refractivity contribution in [3.8, 4) is 0 Å². The standard InChI is InChI=1S/C20H27N5O/c26-20(16-5-7-18(8-6-16)24-10-2-1-3-11-24)22-14-17-13-19-15-21-9-4-12-25(19)23-17/h5-8,13,21H,1-4,9-12,14-15H2,(H,22,26). The molecule has 2 aliphatic heterocycles. The maximum Gasteiger partial charge on any atom is 0.251 e. The topological polar surface area (TPSA) is 62.2 Å². The fraction of sp³-hybridized carbons (Fsp3) is 0.500. The van der Waals surface area contributed by atoms with Gasteiger partial charge in [0, 0.05) is 37.4 Å². The number of hydrogen-bond donors (Lipinski definition) is 2. The predicted molar refractivity (Wildman–Crippen MR) is 102 cm³/mol. The zero-order valence-electron chi connectivity index (χ0n) is 15.2. The number of hydrogen-bond acceptors (Lipinski definition) is 4. The van der Waals surface area contributed by atoms with Gasteiger partial charge < -0.3 is 15.5 Å². The van der Waals surface area contributed by atoms with Crippen LogP contribution in [0.4, 0.5) is 5.69 Å². The Hall–Kier alpha value is -2.34. The minimum Gasteiger partial charge on any atom is -0.372 e. The Morgan fingerprint density at radius 3 is 2.69 bits per heavy atom. The fourth-order valence-electron chi connectivity index (χ4n) is 3.76. The summed E-state index contributed by atoms with van der Waals surface area (Å²) < 4.78 is 2.05. The van der Waals surface area contributed by atoms with Crippen molar-refractivity contribution in [1.29, 1.82) is 0 Å². The van der Waals surface area contributed by atoms with Crippen molar-refractivity contribution in [2.75, 3.05) is 24.5 Å². The molecule has 6 nitrogen and oxygen atoms in total. The van der Waals surface area contributed by atoms with Gasteiger partial charge in [-0.05, 0) is 62.6 Å². The van der Waals surface area contributed by atoms with Gasteiger partial charge in [-0.3, -0.25) is 9.48 Å². The second-order valence-corrected chi connectivity index (χ2v) is 7.16. The van der Waals surface area contributed by atoms with Crippen molar-refractivity contribution >= 4 is 11.6 Å². The summed E-state index contributed by atoms with van der Waals surface area (Å²) in [4.78, 5) is 14.8. The highest BCUT2D eigenvalue weighted by atomic mass is 16.1. The van der Waals surface area contributed by atoms with Crippen LogP contribution < -0.4 is 15.5 Å². The van der Waals surface area contributed by atoms with Crippen LogP contribution in [0.2, 0.25) is 0 Å². The molecule has 2 N–H and O–H groups in total. The molecule has 6 heteroatoms. The van der Waals surface area contributed by atoms with Crippen LogP contribution in [0.5, 0.6) is 0 Å².